The second kappa shape index (κ2) is 12.3. The van der Waals surface area contributed by atoms with Crippen LogP contribution in [0.4, 0.5) is 10.5 Å². The molecule has 9 nitrogen and oxygen atoms in total. The van der Waals surface area contributed by atoms with E-state index in [2.05, 4.69) is 9.88 Å². The third-order valence-corrected chi connectivity index (χ3v) is 6.39. The van der Waals surface area contributed by atoms with Crippen LogP contribution < -0.4 is 14.8 Å². The van der Waals surface area contributed by atoms with Crippen molar-refractivity contribution >= 4 is 17.6 Å². The molecule has 1 aromatic heterocycles. The van der Waals surface area contributed by atoms with Crippen LogP contribution in [0, 0.1) is 0 Å². The zero-order valence-electron chi connectivity index (χ0n) is 21.6. The van der Waals surface area contributed by atoms with Crippen LogP contribution >= 0.6 is 0 Å². The lowest BCUT2D eigenvalue weighted by atomic mass is 9.98. The molecule has 0 aliphatic carbocycles. The molecule has 3 aromatic rings. The summed E-state index contributed by atoms with van der Waals surface area (Å²) < 4.78 is 18.5. The van der Waals surface area contributed by atoms with Crippen LogP contribution in [0.3, 0.4) is 0 Å². The van der Waals surface area contributed by atoms with E-state index < -0.39 is 0 Å². The van der Waals surface area contributed by atoms with Gasteiger partial charge in [-0.2, -0.15) is 0 Å². The molecule has 4 rings (SSSR count). The molecule has 9 heteroatoms. The third kappa shape index (κ3) is 6.06. The van der Waals surface area contributed by atoms with Gasteiger partial charge in [0.25, 0.3) is 0 Å². The predicted molar refractivity (Wildman–Crippen MR) is 141 cm³/mol. The number of nitrogens with one attached hydrogen (secondary N) is 1. The number of nitrogens with zero attached hydrogens (tertiary/aromatic N) is 3. The number of carbonyl (C=O) groups is 2. The Kier molecular flexibility index (Phi) is 8.68. The van der Waals surface area contributed by atoms with Crippen LogP contribution in [0.5, 0.6) is 11.5 Å². The maximum atomic E-state index is 13.8. The minimum atomic E-state index is -0.371. The number of amides is 3. The average molecular weight is 507 g/mol. The Balaban J connectivity index is 1.55. The average Bonchev–Trinajstić information content (AvgIpc) is 3.40. The number of carbonyl (C=O) groups excluding carboxylic acids is 2. The molecule has 1 N–H and O–H groups in total. The molecule has 2 aromatic carbocycles. The summed E-state index contributed by atoms with van der Waals surface area (Å²) in [6, 6.07) is 18.2. The molecule has 37 heavy (non-hydrogen) atoms. The van der Waals surface area contributed by atoms with Gasteiger partial charge in [0.1, 0.15) is 24.1 Å². The fraction of sp³-hybridized carbons (Fsp3) is 0.357. The Morgan fingerprint density at radius 2 is 1.81 bits per heavy atom. The smallest absolute Gasteiger partial charge is 0.322 e. The summed E-state index contributed by atoms with van der Waals surface area (Å²) in [6.07, 6.45) is 2.02. The number of hydrogen-bond donors (Lipinski definition) is 1. The first kappa shape index (κ1) is 26.1. The molecule has 0 fully saturated rings. The molecule has 0 spiro atoms. The maximum Gasteiger partial charge on any atom is 0.322 e. The lowest BCUT2D eigenvalue weighted by Crippen LogP contribution is -2.49. The Bertz CT molecular complexity index is 1190. The molecule has 0 saturated heterocycles. The second-order valence-electron chi connectivity index (χ2n) is 8.66. The van der Waals surface area contributed by atoms with E-state index in [1.807, 2.05) is 54.4 Å². The van der Waals surface area contributed by atoms with E-state index in [0.29, 0.717) is 37.7 Å². The number of fused-ring (bicyclic) bond motifs is 1. The van der Waals surface area contributed by atoms with Crippen molar-refractivity contribution in [3.8, 4) is 11.5 Å². The number of hydrogen-bond acceptors (Lipinski definition) is 5. The van der Waals surface area contributed by atoms with Gasteiger partial charge in [0.05, 0.1) is 20.3 Å². The van der Waals surface area contributed by atoms with Gasteiger partial charge in [-0.25, -0.2) is 4.79 Å². The zero-order valence-corrected chi connectivity index (χ0v) is 21.6. The Hall–Kier alpha value is -3.98. The Morgan fingerprint density at radius 3 is 2.54 bits per heavy atom. The zero-order chi connectivity index (χ0) is 26.2. The molecule has 0 saturated carbocycles. The minimum absolute atomic E-state index is 0.0847. The van der Waals surface area contributed by atoms with Gasteiger partial charge in [-0.1, -0.05) is 18.2 Å². The highest BCUT2D eigenvalue weighted by Gasteiger charge is 2.35. The van der Waals surface area contributed by atoms with Crippen LogP contribution in [0.1, 0.15) is 24.2 Å². The molecule has 0 radical (unpaired) electrons. The molecular formula is C28H34N4O5. The highest BCUT2D eigenvalue weighted by molar-refractivity contribution is 5.92. The molecule has 3 amide bonds. The number of aromatic nitrogens is 1. The van der Waals surface area contributed by atoms with Gasteiger partial charge in [-0.05, 0) is 49.4 Å². The summed E-state index contributed by atoms with van der Waals surface area (Å²) in [5, 5.41) is 2.88. The number of para-hydroxylation sites is 1. The van der Waals surface area contributed by atoms with E-state index in [-0.39, 0.29) is 31.1 Å². The molecule has 2 heterocycles. The third-order valence-electron chi connectivity index (χ3n) is 6.39. The van der Waals surface area contributed by atoms with Gasteiger partial charge in [-0.3, -0.25) is 4.79 Å². The number of anilines is 1. The van der Waals surface area contributed by atoms with Crippen molar-refractivity contribution in [2.45, 2.75) is 19.5 Å². The number of ether oxygens (including phenoxy) is 3. The van der Waals surface area contributed by atoms with Crippen molar-refractivity contribution in [1.29, 1.82) is 0 Å². The van der Waals surface area contributed by atoms with Crippen LogP contribution in [-0.2, 0) is 16.1 Å². The normalized spacial score (nSPS) is 14.6. The molecule has 1 aliphatic rings. The Morgan fingerprint density at radius 1 is 1.03 bits per heavy atom. The van der Waals surface area contributed by atoms with E-state index in [0.717, 1.165) is 17.0 Å². The number of methoxy groups -OCH3 is 2. The van der Waals surface area contributed by atoms with Gasteiger partial charge in [-0.15, -0.1) is 0 Å². The molecule has 1 atom stereocenters. The van der Waals surface area contributed by atoms with Gasteiger partial charge in [0.2, 0.25) is 5.91 Å². The van der Waals surface area contributed by atoms with E-state index >= 15 is 0 Å². The minimum Gasteiger partial charge on any atom is -0.496 e. The van der Waals surface area contributed by atoms with Gasteiger partial charge in [0.15, 0.2) is 0 Å². The predicted octanol–water partition coefficient (Wildman–Crippen LogP) is 4.01. The highest BCUT2D eigenvalue weighted by Crippen LogP contribution is 2.37. The van der Waals surface area contributed by atoms with E-state index in [1.165, 1.54) is 4.90 Å². The highest BCUT2D eigenvalue weighted by atomic mass is 16.5. The van der Waals surface area contributed by atoms with Crippen molar-refractivity contribution in [2.75, 3.05) is 52.4 Å². The van der Waals surface area contributed by atoms with Gasteiger partial charge in [0, 0.05) is 49.9 Å². The SMILES string of the molecule is CCOc1ccc(NC(=O)N(CCOC)CC(=O)N2CCn3cccc3C2c2ccccc2OC)cc1. The largest absolute Gasteiger partial charge is 0.496 e. The first-order chi connectivity index (χ1) is 18.0. The summed E-state index contributed by atoms with van der Waals surface area (Å²) in [7, 11) is 3.20. The fourth-order valence-corrected chi connectivity index (χ4v) is 4.58. The summed E-state index contributed by atoms with van der Waals surface area (Å²) >= 11 is 0. The summed E-state index contributed by atoms with van der Waals surface area (Å²) in [5.74, 6) is 1.29. The Labute approximate surface area is 217 Å². The molecule has 1 aliphatic heterocycles. The van der Waals surface area contributed by atoms with Crippen molar-refractivity contribution in [2.24, 2.45) is 0 Å². The van der Waals surface area contributed by atoms with E-state index in [1.54, 1.807) is 38.5 Å². The lowest BCUT2D eigenvalue weighted by molar-refractivity contribution is -0.134. The van der Waals surface area contributed by atoms with Gasteiger partial charge >= 0.3 is 6.03 Å². The van der Waals surface area contributed by atoms with Crippen LogP contribution in [0.25, 0.3) is 0 Å². The standard InChI is InChI=1S/C28H34N4O5/c1-4-37-22-13-11-21(12-14-22)29-28(34)31(18-19-35-2)20-26(33)32-17-16-30-15-7-9-24(30)27(32)23-8-5-6-10-25(23)36-3/h5-15,27H,4,16-20H2,1-3H3,(H,29,34). The van der Waals surface area contributed by atoms with Crippen molar-refractivity contribution in [3.05, 3.63) is 78.1 Å². The van der Waals surface area contributed by atoms with Crippen molar-refractivity contribution in [1.82, 2.24) is 14.4 Å². The second-order valence-corrected chi connectivity index (χ2v) is 8.66. The van der Waals surface area contributed by atoms with Crippen LogP contribution in [-0.4, -0.2) is 73.4 Å². The first-order valence-electron chi connectivity index (χ1n) is 12.4. The van der Waals surface area contributed by atoms with Crippen molar-refractivity contribution < 1.29 is 23.8 Å². The maximum absolute atomic E-state index is 13.8. The van der Waals surface area contributed by atoms with Crippen LogP contribution in [0.2, 0.25) is 0 Å². The topological polar surface area (TPSA) is 85.3 Å². The van der Waals surface area contributed by atoms with Gasteiger partial charge < -0.3 is 33.9 Å². The summed E-state index contributed by atoms with van der Waals surface area (Å²) in [6.45, 7) is 4.17. The van der Waals surface area contributed by atoms with Crippen LogP contribution in [0.15, 0.2) is 66.9 Å². The van der Waals surface area contributed by atoms with Crippen molar-refractivity contribution in [3.63, 3.8) is 0 Å². The number of rotatable bonds is 10. The molecule has 0 bridgehead atoms. The molecule has 1 unspecified atom stereocenters. The molecule has 196 valence electrons. The monoisotopic (exact) mass is 506 g/mol. The van der Waals surface area contributed by atoms with E-state index in [9.17, 15) is 9.59 Å². The lowest BCUT2D eigenvalue weighted by Gasteiger charge is -2.38. The number of benzene rings is 2. The quantitative estimate of drug-likeness (QED) is 0.449. The summed E-state index contributed by atoms with van der Waals surface area (Å²) in [5.41, 5.74) is 2.53. The van der Waals surface area contributed by atoms with E-state index in [4.69, 9.17) is 14.2 Å². The molecular weight excluding hydrogens is 472 g/mol. The fourth-order valence-electron chi connectivity index (χ4n) is 4.58. The number of urea groups is 1. The first-order valence-corrected chi connectivity index (χ1v) is 12.4. The summed E-state index contributed by atoms with van der Waals surface area (Å²) in [4.78, 5) is 30.3.